The Balaban J connectivity index is 2.16. The van der Waals surface area contributed by atoms with Gasteiger partial charge in [-0.2, -0.15) is 5.10 Å². The van der Waals surface area contributed by atoms with Gasteiger partial charge in [0, 0.05) is 7.05 Å². The molecule has 0 aliphatic carbocycles. The second-order valence-electron chi connectivity index (χ2n) is 4.92. The van der Waals surface area contributed by atoms with Crippen LogP contribution >= 0.6 is 0 Å². The van der Waals surface area contributed by atoms with Crippen LogP contribution < -0.4 is 11.3 Å². The molecule has 0 bridgehead atoms. The van der Waals surface area contributed by atoms with Crippen LogP contribution in [0, 0.1) is 0 Å². The first-order chi connectivity index (χ1) is 9.93. The van der Waals surface area contributed by atoms with Gasteiger partial charge in [-0.05, 0) is 0 Å². The molecule has 1 fully saturated rings. The summed E-state index contributed by atoms with van der Waals surface area (Å²) in [6, 6.07) is 0. The Morgan fingerprint density at radius 3 is 2.76 bits per heavy atom. The number of aliphatic hydroxyl groups is 3. The van der Waals surface area contributed by atoms with Crippen molar-refractivity contribution in [1.29, 1.82) is 0 Å². The van der Waals surface area contributed by atoms with Crippen LogP contribution in [0.3, 0.4) is 0 Å². The molecule has 10 nitrogen and oxygen atoms in total. The topological polar surface area (TPSA) is 160 Å². The molecule has 4 atom stereocenters. The Bertz CT molecular complexity index is 740. The van der Waals surface area contributed by atoms with Gasteiger partial charge in [0.15, 0.2) is 5.52 Å². The summed E-state index contributed by atoms with van der Waals surface area (Å²) in [6.07, 6.45) is -4.48. The zero-order chi connectivity index (χ0) is 15.3. The molecule has 1 aliphatic heterocycles. The van der Waals surface area contributed by atoms with E-state index in [4.69, 9.17) is 15.6 Å². The van der Waals surface area contributed by atoms with E-state index in [1.807, 2.05) is 0 Å². The van der Waals surface area contributed by atoms with Gasteiger partial charge in [-0.15, -0.1) is 0 Å². The number of rotatable bonds is 2. The molecule has 3 heterocycles. The average molecular weight is 297 g/mol. The van der Waals surface area contributed by atoms with Gasteiger partial charge in [0.2, 0.25) is 5.95 Å². The van der Waals surface area contributed by atoms with E-state index in [0.717, 1.165) is 0 Å². The molecule has 0 unspecified atom stereocenters. The summed E-state index contributed by atoms with van der Waals surface area (Å²) >= 11 is 0. The number of nitrogens with one attached hydrogen (secondary N) is 1. The first kappa shape index (κ1) is 13.9. The SMILES string of the molecule is Cn1nc([C@@H]2O[C@H](CO)[C@@H](O)[C@H]2O)c2nc(N)[nH]c(=O)c21. The average Bonchev–Trinajstić information content (AvgIpc) is 2.89. The largest absolute Gasteiger partial charge is 0.394 e. The zero-order valence-corrected chi connectivity index (χ0v) is 11.1. The lowest BCUT2D eigenvalue weighted by Gasteiger charge is -2.12. The molecule has 0 saturated carbocycles. The van der Waals surface area contributed by atoms with Crippen LogP contribution in [0.2, 0.25) is 0 Å². The van der Waals surface area contributed by atoms with Crippen LogP contribution in [-0.4, -0.2) is 60.0 Å². The number of hydrogen-bond acceptors (Lipinski definition) is 8. The van der Waals surface area contributed by atoms with Gasteiger partial charge < -0.3 is 25.8 Å². The number of H-pyrrole nitrogens is 1. The number of nitrogens with two attached hydrogens (primary N) is 1. The van der Waals surface area contributed by atoms with Gasteiger partial charge in [-0.25, -0.2) is 4.98 Å². The maximum atomic E-state index is 11.9. The molecule has 1 aliphatic rings. The van der Waals surface area contributed by atoms with Crippen LogP contribution in [0.25, 0.3) is 11.0 Å². The minimum atomic E-state index is -1.29. The summed E-state index contributed by atoms with van der Waals surface area (Å²) in [5.41, 5.74) is 5.61. The number of aromatic amines is 1. The molecule has 0 radical (unpaired) electrons. The summed E-state index contributed by atoms with van der Waals surface area (Å²) in [4.78, 5) is 18.3. The van der Waals surface area contributed by atoms with Gasteiger partial charge in [0.1, 0.15) is 35.6 Å². The monoisotopic (exact) mass is 297 g/mol. The second-order valence-corrected chi connectivity index (χ2v) is 4.92. The number of nitrogen functional groups attached to an aromatic ring is 1. The van der Waals surface area contributed by atoms with E-state index < -0.39 is 36.6 Å². The molecule has 0 amide bonds. The summed E-state index contributed by atoms with van der Waals surface area (Å²) in [6.45, 7) is -0.449. The Morgan fingerprint density at radius 2 is 2.14 bits per heavy atom. The molecule has 1 saturated heterocycles. The summed E-state index contributed by atoms with van der Waals surface area (Å²) < 4.78 is 6.70. The fourth-order valence-electron chi connectivity index (χ4n) is 2.54. The Kier molecular flexibility index (Phi) is 3.17. The smallest absolute Gasteiger partial charge is 0.278 e. The molecule has 0 aromatic carbocycles. The molecule has 2 aromatic heterocycles. The van der Waals surface area contributed by atoms with Crippen molar-refractivity contribution in [3.05, 3.63) is 16.0 Å². The van der Waals surface area contributed by atoms with Crippen LogP contribution in [0.1, 0.15) is 11.8 Å². The van der Waals surface area contributed by atoms with Crippen molar-refractivity contribution in [2.75, 3.05) is 12.3 Å². The van der Waals surface area contributed by atoms with E-state index in [1.165, 1.54) is 4.68 Å². The Morgan fingerprint density at radius 1 is 1.43 bits per heavy atom. The highest BCUT2D eigenvalue weighted by Gasteiger charge is 2.45. The van der Waals surface area contributed by atoms with Gasteiger partial charge >= 0.3 is 0 Å². The van der Waals surface area contributed by atoms with Crippen LogP contribution in [0.15, 0.2) is 4.79 Å². The van der Waals surface area contributed by atoms with Crippen LogP contribution in [-0.2, 0) is 11.8 Å². The first-order valence-electron chi connectivity index (χ1n) is 6.29. The number of ether oxygens (including phenoxy) is 1. The van der Waals surface area contributed by atoms with E-state index in [-0.39, 0.29) is 22.7 Å². The minimum Gasteiger partial charge on any atom is -0.394 e. The first-order valence-corrected chi connectivity index (χ1v) is 6.29. The number of fused-ring (bicyclic) bond motifs is 1. The molecule has 0 spiro atoms. The molecular weight excluding hydrogens is 282 g/mol. The third kappa shape index (κ3) is 2.00. The summed E-state index contributed by atoms with van der Waals surface area (Å²) in [5, 5.41) is 33.1. The van der Waals surface area contributed by atoms with Crippen LogP contribution in [0.5, 0.6) is 0 Å². The standard InChI is InChI=1S/C11H15N5O5/c1-16-6-4(13-11(12)14-10(6)20)5(15-16)9-8(19)7(18)3(2-17)21-9/h3,7-9,17-19H,2H2,1H3,(H3,12,13,14,20)/t3-,7-,8-,9+/m1/s1. The molecule has 21 heavy (non-hydrogen) atoms. The van der Waals surface area contributed by atoms with Crippen molar-refractivity contribution in [3.63, 3.8) is 0 Å². The number of nitrogens with zero attached hydrogens (tertiary/aromatic N) is 3. The van der Waals surface area contributed by atoms with Gasteiger partial charge in [0.25, 0.3) is 5.56 Å². The van der Waals surface area contributed by atoms with Gasteiger partial charge in [-0.1, -0.05) is 0 Å². The number of aromatic nitrogens is 4. The maximum Gasteiger partial charge on any atom is 0.278 e. The van der Waals surface area contributed by atoms with Crippen LogP contribution in [0.4, 0.5) is 5.95 Å². The third-order valence-electron chi connectivity index (χ3n) is 3.55. The summed E-state index contributed by atoms with van der Waals surface area (Å²) in [5.74, 6) is -0.0894. The van der Waals surface area contributed by atoms with E-state index in [9.17, 15) is 15.0 Å². The molecule has 10 heteroatoms. The van der Waals surface area contributed by atoms with Crippen molar-refractivity contribution in [2.24, 2.45) is 7.05 Å². The van der Waals surface area contributed by atoms with E-state index in [2.05, 4.69) is 15.1 Å². The Labute approximate surface area is 117 Å². The van der Waals surface area contributed by atoms with E-state index in [0.29, 0.717) is 0 Å². The highest BCUT2D eigenvalue weighted by molar-refractivity contribution is 5.78. The van der Waals surface area contributed by atoms with Crippen molar-refractivity contribution < 1.29 is 20.1 Å². The number of aryl methyl sites for hydroxylation is 1. The lowest BCUT2D eigenvalue weighted by Crippen LogP contribution is -2.32. The lowest BCUT2D eigenvalue weighted by molar-refractivity contribution is -0.0237. The Hall–Kier alpha value is -2.01. The zero-order valence-electron chi connectivity index (χ0n) is 11.1. The number of hydrogen-bond donors (Lipinski definition) is 5. The van der Waals surface area contributed by atoms with Crippen molar-refractivity contribution in [2.45, 2.75) is 24.4 Å². The van der Waals surface area contributed by atoms with Crippen molar-refractivity contribution in [1.82, 2.24) is 19.7 Å². The van der Waals surface area contributed by atoms with Crippen molar-refractivity contribution >= 4 is 17.0 Å². The maximum absolute atomic E-state index is 11.9. The predicted octanol–water partition coefficient (Wildman–Crippen LogP) is -2.61. The van der Waals surface area contributed by atoms with E-state index in [1.54, 1.807) is 7.05 Å². The lowest BCUT2D eigenvalue weighted by atomic mass is 10.1. The summed E-state index contributed by atoms with van der Waals surface area (Å²) in [7, 11) is 1.54. The molecule has 114 valence electrons. The number of anilines is 1. The molecule has 3 rings (SSSR count). The van der Waals surface area contributed by atoms with Gasteiger partial charge in [0.05, 0.1) is 6.61 Å². The highest BCUT2D eigenvalue weighted by atomic mass is 16.6. The molecule has 6 N–H and O–H groups in total. The molecular formula is C11H15N5O5. The quantitative estimate of drug-likeness (QED) is 0.403. The fourth-order valence-corrected chi connectivity index (χ4v) is 2.54. The third-order valence-corrected chi connectivity index (χ3v) is 3.55. The second kappa shape index (κ2) is 4.77. The predicted molar refractivity (Wildman–Crippen MR) is 70.3 cm³/mol. The highest BCUT2D eigenvalue weighted by Crippen LogP contribution is 2.35. The van der Waals surface area contributed by atoms with Crippen molar-refractivity contribution in [3.8, 4) is 0 Å². The fraction of sp³-hybridized carbons (Fsp3) is 0.545. The van der Waals surface area contributed by atoms with Gasteiger partial charge in [-0.3, -0.25) is 14.5 Å². The normalized spacial score (nSPS) is 29.3. The number of aliphatic hydroxyl groups excluding tert-OH is 3. The molecule has 2 aromatic rings. The minimum absolute atomic E-state index is 0.0894. The van der Waals surface area contributed by atoms with E-state index >= 15 is 0 Å².